The van der Waals surface area contributed by atoms with Crippen LogP contribution >= 0.6 is 0 Å². The molecule has 58 heavy (non-hydrogen) atoms. The van der Waals surface area contributed by atoms with Gasteiger partial charge in [-0.25, -0.2) is 0 Å². The van der Waals surface area contributed by atoms with Gasteiger partial charge in [-0.1, -0.05) is 176 Å². The smallest absolute Gasteiger partial charge is 0.0541 e. The van der Waals surface area contributed by atoms with Gasteiger partial charge in [-0.15, -0.1) is 0 Å². The minimum absolute atomic E-state index is 1.09. The van der Waals surface area contributed by atoms with Crippen LogP contribution in [-0.4, -0.2) is 4.57 Å². The Morgan fingerprint density at radius 3 is 1.47 bits per heavy atom. The molecule has 0 aliphatic heterocycles. The van der Waals surface area contributed by atoms with Gasteiger partial charge in [0.25, 0.3) is 0 Å². The van der Waals surface area contributed by atoms with Crippen LogP contribution in [0.2, 0.25) is 0 Å². The van der Waals surface area contributed by atoms with Gasteiger partial charge in [-0.3, -0.25) is 0 Å². The van der Waals surface area contributed by atoms with Crippen molar-refractivity contribution in [2.24, 2.45) is 0 Å². The zero-order valence-electron chi connectivity index (χ0n) is 31.8. The summed E-state index contributed by atoms with van der Waals surface area (Å²) in [5.41, 5.74) is 14.0. The third-order valence-electron chi connectivity index (χ3n) is 11.6. The van der Waals surface area contributed by atoms with E-state index in [4.69, 9.17) is 0 Å². The molecule has 0 N–H and O–H groups in total. The lowest BCUT2D eigenvalue weighted by atomic mass is 9.92. The second-order valence-corrected chi connectivity index (χ2v) is 14.9. The second kappa shape index (κ2) is 14.1. The largest absolute Gasteiger partial charge is 0.310 e. The second-order valence-electron chi connectivity index (χ2n) is 14.9. The van der Waals surface area contributed by atoms with Crippen LogP contribution in [0.25, 0.3) is 82.4 Å². The number of hydrogen-bond acceptors (Lipinski definition) is 1. The summed E-state index contributed by atoms with van der Waals surface area (Å²) >= 11 is 0. The Labute approximate surface area is 338 Å². The molecule has 272 valence electrons. The standard InChI is InChI=1S/C56H38N2/c1-2-16-39(17-3-1)40-30-34-43(35-31-40)57(54-27-13-11-25-51(54)52-38-42-18-4-5-19-45(42)47-21-6-7-22-48(47)52)44-36-32-41(33-37-44)46-20-8-12-26-53(46)58-55-28-14-9-23-49(55)50-24-10-15-29-56(50)58/h1-38H. The van der Waals surface area contributed by atoms with Crippen molar-refractivity contribution in [1.82, 2.24) is 4.57 Å². The van der Waals surface area contributed by atoms with Gasteiger partial charge >= 0.3 is 0 Å². The Hall–Kier alpha value is -7.68. The van der Waals surface area contributed by atoms with E-state index in [0.29, 0.717) is 0 Å². The van der Waals surface area contributed by atoms with E-state index < -0.39 is 0 Å². The first-order valence-corrected chi connectivity index (χ1v) is 19.9. The number of hydrogen-bond donors (Lipinski definition) is 0. The fraction of sp³-hybridized carbons (Fsp3) is 0. The summed E-state index contributed by atoms with van der Waals surface area (Å²) < 4.78 is 2.42. The molecule has 0 radical (unpaired) electrons. The molecule has 0 atom stereocenters. The summed E-state index contributed by atoms with van der Waals surface area (Å²) in [5.74, 6) is 0. The number of benzene rings is 10. The number of anilines is 3. The molecule has 0 amide bonds. The van der Waals surface area contributed by atoms with Gasteiger partial charge in [0, 0.05) is 33.3 Å². The summed E-state index contributed by atoms with van der Waals surface area (Å²) in [6, 6.07) is 83.7. The highest BCUT2D eigenvalue weighted by Gasteiger charge is 2.20. The van der Waals surface area contributed by atoms with Crippen molar-refractivity contribution in [3.63, 3.8) is 0 Å². The van der Waals surface area contributed by atoms with E-state index in [1.807, 2.05) is 0 Å². The molecule has 0 aliphatic carbocycles. The molecule has 11 rings (SSSR count). The summed E-state index contributed by atoms with van der Waals surface area (Å²) in [7, 11) is 0. The minimum atomic E-state index is 1.09. The van der Waals surface area contributed by atoms with Crippen molar-refractivity contribution in [2.45, 2.75) is 0 Å². The van der Waals surface area contributed by atoms with E-state index in [-0.39, 0.29) is 0 Å². The topological polar surface area (TPSA) is 8.17 Å². The quantitative estimate of drug-likeness (QED) is 0.148. The van der Waals surface area contributed by atoms with Crippen LogP contribution < -0.4 is 4.90 Å². The number of para-hydroxylation sites is 4. The van der Waals surface area contributed by atoms with Crippen molar-refractivity contribution in [3.8, 4) is 39.1 Å². The Morgan fingerprint density at radius 1 is 0.293 bits per heavy atom. The number of fused-ring (bicyclic) bond motifs is 6. The zero-order valence-corrected chi connectivity index (χ0v) is 31.8. The van der Waals surface area contributed by atoms with Gasteiger partial charge in [0.1, 0.15) is 0 Å². The van der Waals surface area contributed by atoms with Gasteiger partial charge in [-0.2, -0.15) is 0 Å². The Kier molecular flexibility index (Phi) is 8.19. The van der Waals surface area contributed by atoms with Crippen LogP contribution in [0.4, 0.5) is 17.1 Å². The normalized spacial score (nSPS) is 11.4. The monoisotopic (exact) mass is 738 g/mol. The highest BCUT2D eigenvalue weighted by molar-refractivity contribution is 6.15. The van der Waals surface area contributed by atoms with E-state index in [1.54, 1.807) is 0 Å². The molecule has 1 heterocycles. The van der Waals surface area contributed by atoms with Crippen molar-refractivity contribution in [3.05, 3.63) is 231 Å². The SMILES string of the molecule is c1ccc(-c2ccc(N(c3ccc(-c4ccccc4-n4c5ccccc5c5ccccc54)cc3)c3ccccc3-c3cc4ccccc4c4ccccc34)cc2)cc1. The third-order valence-corrected chi connectivity index (χ3v) is 11.6. The molecule has 11 aromatic rings. The van der Waals surface area contributed by atoms with E-state index >= 15 is 0 Å². The van der Waals surface area contributed by atoms with Gasteiger partial charge in [0.15, 0.2) is 0 Å². The fourth-order valence-corrected chi connectivity index (χ4v) is 8.92. The fourth-order valence-electron chi connectivity index (χ4n) is 8.92. The van der Waals surface area contributed by atoms with Gasteiger partial charge in [0.2, 0.25) is 0 Å². The molecule has 10 aromatic carbocycles. The molecule has 0 fully saturated rings. The first-order chi connectivity index (χ1) is 28.8. The van der Waals surface area contributed by atoms with E-state index in [0.717, 1.165) is 28.3 Å². The van der Waals surface area contributed by atoms with Crippen LogP contribution in [0.1, 0.15) is 0 Å². The van der Waals surface area contributed by atoms with E-state index in [1.165, 1.54) is 71.2 Å². The van der Waals surface area contributed by atoms with Crippen LogP contribution in [0.3, 0.4) is 0 Å². The van der Waals surface area contributed by atoms with Crippen molar-refractivity contribution in [2.75, 3.05) is 4.90 Å². The molecule has 0 unspecified atom stereocenters. The molecular weight excluding hydrogens is 701 g/mol. The minimum Gasteiger partial charge on any atom is -0.310 e. The summed E-state index contributed by atoms with van der Waals surface area (Å²) in [6.07, 6.45) is 0. The van der Waals surface area contributed by atoms with Crippen molar-refractivity contribution in [1.29, 1.82) is 0 Å². The summed E-state index contributed by atoms with van der Waals surface area (Å²) in [5, 5.41) is 7.52. The average Bonchev–Trinajstić information content (AvgIpc) is 3.64. The van der Waals surface area contributed by atoms with E-state index in [9.17, 15) is 0 Å². The number of rotatable bonds is 7. The zero-order chi connectivity index (χ0) is 38.4. The van der Waals surface area contributed by atoms with E-state index in [2.05, 4.69) is 240 Å². The Bertz CT molecular complexity index is 3210. The molecule has 0 spiro atoms. The van der Waals surface area contributed by atoms with Crippen LogP contribution in [0.5, 0.6) is 0 Å². The van der Waals surface area contributed by atoms with Gasteiger partial charge in [0.05, 0.1) is 22.4 Å². The highest BCUT2D eigenvalue weighted by atomic mass is 15.1. The lowest BCUT2D eigenvalue weighted by molar-refractivity contribution is 1.18. The predicted molar refractivity (Wildman–Crippen MR) is 247 cm³/mol. The van der Waals surface area contributed by atoms with Gasteiger partial charge < -0.3 is 9.47 Å². The molecule has 1 aromatic heterocycles. The summed E-state index contributed by atoms with van der Waals surface area (Å²) in [6.45, 7) is 0. The van der Waals surface area contributed by atoms with Crippen LogP contribution in [-0.2, 0) is 0 Å². The summed E-state index contributed by atoms with van der Waals surface area (Å²) in [4.78, 5) is 2.41. The molecule has 0 bridgehead atoms. The highest BCUT2D eigenvalue weighted by Crippen LogP contribution is 2.45. The molecule has 2 nitrogen and oxygen atoms in total. The van der Waals surface area contributed by atoms with Crippen molar-refractivity contribution >= 4 is 60.4 Å². The maximum absolute atomic E-state index is 2.42. The Balaban J connectivity index is 1.08. The molecule has 0 saturated heterocycles. The third kappa shape index (κ3) is 5.66. The first-order valence-electron chi connectivity index (χ1n) is 19.9. The Morgan fingerprint density at radius 2 is 0.776 bits per heavy atom. The molecule has 2 heteroatoms. The maximum Gasteiger partial charge on any atom is 0.0541 e. The lowest BCUT2D eigenvalue weighted by Gasteiger charge is -2.29. The van der Waals surface area contributed by atoms with Crippen LogP contribution in [0, 0.1) is 0 Å². The number of aromatic nitrogens is 1. The van der Waals surface area contributed by atoms with Crippen molar-refractivity contribution < 1.29 is 0 Å². The lowest BCUT2D eigenvalue weighted by Crippen LogP contribution is -2.11. The molecular formula is C56H38N2. The van der Waals surface area contributed by atoms with Gasteiger partial charge in [-0.05, 0) is 98.4 Å². The number of nitrogens with zero attached hydrogens (tertiary/aromatic N) is 2. The maximum atomic E-state index is 2.42. The average molecular weight is 739 g/mol. The van der Waals surface area contributed by atoms with Crippen LogP contribution in [0.15, 0.2) is 231 Å². The molecule has 0 saturated carbocycles. The molecule has 0 aliphatic rings. The first kappa shape index (κ1) is 33.6. The predicted octanol–water partition coefficient (Wildman–Crippen LogP) is 15.6.